The zero-order chi connectivity index (χ0) is 14.7. The number of aryl methyl sites for hydroxylation is 1. The number of carbonyl (C=O) groups is 1. The molecule has 1 amide bonds. The molecule has 2 aromatic carbocycles. The van der Waals surface area contributed by atoms with E-state index >= 15 is 0 Å². The van der Waals surface area contributed by atoms with Crippen molar-refractivity contribution in [1.29, 1.82) is 0 Å². The highest BCUT2D eigenvalue weighted by molar-refractivity contribution is 5.95. The van der Waals surface area contributed by atoms with E-state index in [2.05, 4.69) is 10.6 Å². The number of carbonyl (C=O) groups excluding carboxylic acids is 1. The van der Waals surface area contributed by atoms with Crippen LogP contribution in [0.1, 0.15) is 40.9 Å². The molecule has 0 aromatic heterocycles. The van der Waals surface area contributed by atoms with Gasteiger partial charge in [-0.2, -0.15) is 0 Å². The van der Waals surface area contributed by atoms with Crippen molar-refractivity contribution in [2.24, 2.45) is 0 Å². The van der Waals surface area contributed by atoms with E-state index in [1.165, 1.54) is 5.56 Å². The molecule has 0 fully saturated rings. The molecule has 3 rings (SSSR count). The van der Waals surface area contributed by atoms with E-state index in [9.17, 15) is 4.79 Å². The van der Waals surface area contributed by atoms with Crippen LogP contribution in [0.5, 0.6) is 0 Å². The molecule has 21 heavy (non-hydrogen) atoms. The fraction of sp³-hybridized carbons (Fsp3) is 0.278. The predicted molar refractivity (Wildman–Crippen MR) is 85.6 cm³/mol. The van der Waals surface area contributed by atoms with Gasteiger partial charge in [-0.1, -0.05) is 30.3 Å². The van der Waals surface area contributed by atoms with Gasteiger partial charge in [-0.3, -0.25) is 4.79 Å². The molecular formula is C18H20N2O. The third-order valence-electron chi connectivity index (χ3n) is 3.95. The SMILES string of the molecule is C[C@@H](NC(=O)c1ccc2c(c1)CCCN2)c1ccccc1. The van der Waals surface area contributed by atoms with E-state index in [1.54, 1.807) is 0 Å². The molecule has 0 unspecified atom stereocenters. The molecule has 1 aliphatic heterocycles. The van der Waals surface area contributed by atoms with Gasteiger partial charge in [0.15, 0.2) is 0 Å². The van der Waals surface area contributed by atoms with Crippen LogP contribution in [0, 0.1) is 0 Å². The van der Waals surface area contributed by atoms with Crippen molar-refractivity contribution in [2.75, 3.05) is 11.9 Å². The predicted octanol–water partition coefficient (Wildman–Crippen LogP) is 3.54. The van der Waals surface area contributed by atoms with Crippen molar-refractivity contribution in [1.82, 2.24) is 5.32 Å². The molecule has 0 aliphatic carbocycles. The third-order valence-corrected chi connectivity index (χ3v) is 3.95. The number of anilines is 1. The molecule has 1 atom stereocenters. The minimum absolute atomic E-state index is 0.00728. The monoisotopic (exact) mass is 280 g/mol. The van der Waals surface area contributed by atoms with E-state index in [1.807, 2.05) is 55.5 Å². The minimum atomic E-state index is -0.0141. The molecule has 2 aromatic rings. The Kier molecular flexibility index (Phi) is 3.91. The highest BCUT2D eigenvalue weighted by Gasteiger charge is 2.14. The van der Waals surface area contributed by atoms with Gasteiger partial charge in [0.05, 0.1) is 6.04 Å². The van der Waals surface area contributed by atoms with Crippen LogP contribution in [-0.4, -0.2) is 12.5 Å². The molecule has 1 heterocycles. The van der Waals surface area contributed by atoms with E-state index < -0.39 is 0 Å². The molecule has 3 nitrogen and oxygen atoms in total. The Labute approximate surface area is 125 Å². The standard InChI is InChI=1S/C18H20N2O/c1-13(14-6-3-2-4-7-14)20-18(21)16-9-10-17-15(12-16)8-5-11-19-17/h2-4,6-7,9-10,12-13,19H,5,8,11H2,1H3,(H,20,21)/t13-/m1/s1. The fourth-order valence-corrected chi connectivity index (χ4v) is 2.72. The lowest BCUT2D eigenvalue weighted by atomic mass is 10.00. The van der Waals surface area contributed by atoms with Gasteiger partial charge in [-0.25, -0.2) is 0 Å². The molecular weight excluding hydrogens is 260 g/mol. The maximum atomic E-state index is 12.4. The number of benzene rings is 2. The Hall–Kier alpha value is -2.29. The Bertz CT molecular complexity index is 637. The maximum absolute atomic E-state index is 12.4. The third kappa shape index (κ3) is 3.07. The quantitative estimate of drug-likeness (QED) is 0.903. The van der Waals surface area contributed by atoms with Crippen LogP contribution in [0.2, 0.25) is 0 Å². The van der Waals surface area contributed by atoms with E-state index in [0.29, 0.717) is 0 Å². The lowest BCUT2D eigenvalue weighted by Crippen LogP contribution is -2.27. The van der Waals surface area contributed by atoms with Crippen molar-refractivity contribution < 1.29 is 4.79 Å². The Morgan fingerprint density at radius 2 is 2.00 bits per heavy atom. The second-order valence-electron chi connectivity index (χ2n) is 5.51. The molecule has 108 valence electrons. The fourth-order valence-electron chi connectivity index (χ4n) is 2.72. The first-order valence-corrected chi connectivity index (χ1v) is 7.46. The number of hydrogen-bond donors (Lipinski definition) is 2. The topological polar surface area (TPSA) is 41.1 Å². The van der Waals surface area contributed by atoms with Crippen LogP contribution < -0.4 is 10.6 Å². The first kappa shape index (κ1) is 13.7. The van der Waals surface area contributed by atoms with E-state index in [0.717, 1.165) is 36.2 Å². The molecule has 1 aliphatic rings. The Morgan fingerprint density at radius 1 is 1.19 bits per heavy atom. The zero-order valence-corrected chi connectivity index (χ0v) is 12.2. The second-order valence-corrected chi connectivity index (χ2v) is 5.51. The lowest BCUT2D eigenvalue weighted by molar-refractivity contribution is 0.0940. The minimum Gasteiger partial charge on any atom is -0.385 e. The van der Waals surface area contributed by atoms with Crippen LogP contribution in [0.15, 0.2) is 48.5 Å². The van der Waals surface area contributed by atoms with E-state index in [4.69, 9.17) is 0 Å². The molecule has 0 saturated heterocycles. The smallest absolute Gasteiger partial charge is 0.251 e. The number of rotatable bonds is 3. The normalized spacial score (nSPS) is 14.7. The van der Waals surface area contributed by atoms with E-state index in [-0.39, 0.29) is 11.9 Å². The molecule has 0 bridgehead atoms. The molecule has 0 radical (unpaired) electrons. The highest BCUT2D eigenvalue weighted by atomic mass is 16.1. The first-order chi connectivity index (χ1) is 10.2. The van der Waals surface area contributed by atoms with Gasteiger partial charge in [0.1, 0.15) is 0 Å². The van der Waals surface area contributed by atoms with Crippen LogP contribution >= 0.6 is 0 Å². The summed E-state index contributed by atoms with van der Waals surface area (Å²) >= 11 is 0. The van der Waals surface area contributed by atoms with Gasteiger partial charge in [0.2, 0.25) is 0 Å². The highest BCUT2D eigenvalue weighted by Crippen LogP contribution is 2.23. The summed E-state index contributed by atoms with van der Waals surface area (Å²) in [6.45, 7) is 3.02. The number of nitrogens with one attached hydrogen (secondary N) is 2. The summed E-state index contributed by atoms with van der Waals surface area (Å²) in [5.74, 6) is -0.0141. The summed E-state index contributed by atoms with van der Waals surface area (Å²) in [7, 11) is 0. The van der Waals surface area contributed by atoms with Crippen LogP contribution in [-0.2, 0) is 6.42 Å². The molecule has 3 heteroatoms. The lowest BCUT2D eigenvalue weighted by Gasteiger charge is -2.19. The van der Waals surface area contributed by atoms with Gasteiger partial charge in [0.25, 0.3) is 5.91 Å². The summed E-state index contributed by atoms with van der Waals surface area (Å²) in [4.78, 5) is 12.4. The van der Waals surface area contributed by atoms with Crippen molar-refractivity contribution in [2.45, 2.75) is 25.8 Å². The average Bonchev–Trinajstić information content (AvgIpc) is 2.55. The average molecular weight is 280 g/mol. The maximum Gasteiger partial charge on any atom is 0.251 e. The molecule has 2 N–H and O–H groups in total. The Balaban J connectivity index is 1.73. The Morgan fingerprint density at radius 3 is 2.81 bits per heavy atom. The largest absolute Gasteiger partial charge is 0.385 e. The zero-order valence-electron chi connectivity index (χ0n) is 12.2. The van der Waals surface area contributed by atoms with Crippen molar-refractivity contribution >= 4 is 11.6 Å². The van der Waals surface area contributed by atoms with Crippen molar-refractivity contribution in [3.05, 3.63) is 65.2 Å². The summed E-state index contributed by atoms with van der Waals surface area (Å²) in [6.07, 6.45) is 2.16. The van der Waals surface area contributed by atoms with Crippen LogP contribution in [0.25, 0.3) is 0 Å². The number of hydrogen-bond acceptors (Lipinski definition) is 2. The number of amides is 1. The molecule has 0 spiro atoms. The van der Waals surface area contributed by atoms with Gasteiger partial charge >= 0.3 is 0 Å². The second kappa shape index (κ2) is 6.00. The first-order valence-electron chi connectivity index (χ1n) is 7.46. The van der Waals surface area contributed by atoms with Crippen LogP contribution in [0.4, 0.5) is 5.69 Å². The van der Waals surface area contributed by atoms with Crippen molar-refractivity contribution in [3.8, 4) is 0 Å². The summed E-state index contributed by atoms with van der Waals surface area (Å²) in [5, 5.41) is 6.42. The summed E-state index contributed by atoms with van der Waals surface area (Å²) in [5.41, 5.74) is 4.25. The number of fused-ring (bicyclic) bond motifs is 1. The summed E-state index contributed by atoms with van der Waals surface area (Å²) in [6, 6.07) is 15.9. The summed E-state index contributed by atoms with van der Waals surface area (Å²) < 4.78 is 0. The van der Waals surface area contributed by atoms with Crippen molar-refractivity contribution in [3.63, 3.8) is 0 Å². The van der Waals surface area contributed by atoms with Gasteiger partial charge in [0, 0.05) is 17.8 Å². The van der Waals surface area contributed by atoms with Crippen LogP contribution in [0.3, 0.4) is 0 Å². The molecule has 0 saturated carbocycles. The van der Waals surface area contributed by atoms with Gasteiger partial charge in [-0.15, -0.1) is 0 Å². The van der Waals surface area contributed by atoms with Gasteiger partial charge in [-0.05, 0) is 49.1 Å². The van der Waals surface area contributed by atoms with Gasteiger partial charge < -0.3 is 10.6 Å².